The van der Waals surface area contributed by atoms with Gasteiger partial charge in [-0.2, -0.15) is 0 Å². The van der Waals surface area contributed by atoms with Crippen LogP contribution >= 0.6 is 0 Å². The van der Waals surface area contributed by atoms with Crippen molar-refractivity contribution in [2.75, 3.05) is 0 Å². The molecule has 0 saturated heterocycles. The summed E-state index contributed by atoms with van der Waals surface area (Å²) in [5.74, 6) is 0. The zero-order chi connectivity index (χ0) is 29.5. The predicted octanol–water partition coefficient (Wildman–Crippen LogP) is 5.41. The Morgan fingerprint density at radius 2 is 1.14 bits per heavy atom. The van der Waals surface area contributed by atoms with Crippen molar-refractivity contribution in [1.82, 2.24) is 0 Å². The monoisotopic (exact) mass is 536 g/mol. The Labute approximate surface area is 257 Å². The number of benzene rings is 6. The molecule has 4 heteroatoms. The van der Waals surface area contributed by atoms with E-state index in [0.29, 0.717) is 21.9 Å². The third-order valence-electron chi connectivity index (χ3n) is 10.5. The van der Waals surface area contributed by atoms with Crippen LogP contribution in [-0.4, -0.2) is 31.4 Å². The molecule has 0 fully saturated rings. The molecule has 0 bridgehead atoms. The molecule has 0 atom stereocenters. The van der Waals surface area contributed by atoms with E-state index in [4.69, 9.17) is 31.4 Å². The highest BCUT2D eigenvalue weighted by Gasteiger charge is 2.36. The molecule has 3 aliphatic rings. The first-order valence-electron chi connectivity index (χ1n) is 15.0. The van der Waals surface area contributed by atoms with E-state index in [1.807, 2.05) is 0 Å². The van der Waals surface area contributed by atoms with E-state index in [1.54, 1.807) is 0 Å². The van der Waals surface area contributed by atoms with Crippen molar-refractivity contribution in [3.63, 3.8) is 0 Å². The van der Waals surface area contributed by atoms with Gasteiger partial charge >= 0.3 is 0 Å². The second-order valence-corrected chi connectivity index (χ2v) is 12.5. The van der Waals surface area contributed by atoms with Crippen molar-refractivity contribution in [3.8, 4) is 33.4 Å². The van der Waals surface area contributed by atoms with Gasteiger partial charge in [-0.1, -0.05) is 105 Å². The first kappa shape index (κ1) is 25.3. The molecule has 0 amide bonds. The predicted molar refractivity (Wildman–Crippen MR) is 188 cm³/mol. The van der Waals surface area contributed by atoms with Gasteiger partial charge in [0.05, 0.1) is 0 Å². The first-order valence-corrected chi connectivity index (χ1v) is 15.0. The van der Waals surface area contributed by atoms with Crippen LogP contribution in [0.1, 0.15) is 44.5 Å². The quantitative estimate of drug-likeness (QED) is 0.205. The Balaban J connectivity index is 1.35. The summed E-state index contributed by atoms with van der Waals surface area (Å²) in [5.41, 5.74) is 21.3. The number of aryl methyl sites for hydroxylation is 3. The van der Waals surface area contributed by atoms with E-state index in [9.17, 15) is 0 Å². The fourth-order valence-corrected chi connectivity index (χ4v) is 8.22. The molecule has 6 aromatic carbocycles. The topological polar surface area (TPSA) is 0 Å². The SMILES string of the molecule is [B]c1c([B])c(C)c2c3c4c-3c([B])c([B])c(C)c4c(-c3cccc4c3-c3ccc5c(c3C4)CC(c3ccccc3)=C5)c2c1C. The van der Waals surface area contributed by atoms with Crippen LogP contribution in [0.4, 0.5) is 0 Å². The number of rotatable bonds is 2. The van der Waals surface area contributed by atoms with Crippen molar-refractivity contribution in [3.05, 3.63) is 105 Å². The molecular weight excluding hydrogens is 512 g/mol. The molecule has 0 spiro atoms. The fraction of sp³-hybridized carbons (Fsp3) is 0.128. The second-order valence-electron chi connectivity index (χ2n) is 12.5. The van der Waals surface area contributed by atoms with Crippen molar-refractivity contribution in [2.45, 2.75) is 33.6 Å². The lowest BCUT2D eigenvalue weighted by Gasteiger charge is -2.21. The minimum atomic E-state index is 0.647. The van der Waals surface area contributed by atoms with Gasteiger partial charge in [0.1, 0.15) is 31.4 Å². The summed E-state index contributed by atoms with van der Waals surface area (Å²) in [6, 6.07) is 22.2. The van der Waals surface area contributed by atoms with E-state index >= 15 is 0 Å². The normalized spacial score (nSPS) is 13.8. The van der Waals surface area contributed by atoms with Crippen molar-refractivity contribution in [1.29, 1.82) is 0 Å². The smallest absolute Gasteiger partial charge is 0.0998 e. The summed E-state index contributed by atoms with van der Waals surface area (Å²) in [6.07, 6.45) is 4.26. The summed E-state index contributed by atoms with van der Waals surface area (Å²) < 4.78 is 0. The molecule has 0 aliphatic heterocycles. The van der Waals surface area contributed by atoms with Crippen LogP contribution in [0.5, 0.6) is 0 Å². The highest BCUT2D eigenvalue weighted by Crippen LogP contribution is 2.58. The summed E-state index contributed by atoms with van der Waals surface area (Å²) >= 11 is 0. The second kappa shape index (κ2) is 8.48. The molecule has 192 valence electrons. The van der Waals surface area contributed by atoms with Crippen LogP contribution in [0.15, 0.2) is 60.7 Å². The van der Waals surface area contributed by atoms with Crippen molar-refractivity contribution < 1.29 is 0 Å². The summed E-state index contributed by atoms with van der Waals surface area (Å²) in [7, 11) is 26.6. The molecule has 0 aromatic heterocycles. The lowest BCUT2D eigenvalue weighted by Crippen LogP contribution is -2.31. The molecule has 43 heavy (non-hydrogen) atoms. The maximum atomic E-state index is 6.70. The van der Waals surface area contributed by atoms with Gasteiger partial charge in [0.15, 0.2) is 0 Å². The fourth-order valence-electron chi connectivity index (χ4n) is 8.22. The van der Waals surface area contributed by atoms with Crippen LogP contribution in [0.3, 0.4) is 0 Å². The van der Waals surface area contributed by atoms with Crippen LogP contribution in [0.25, 0.3) is 66.6 Å². The van der Waals surface area contributed by atoms with Crippen LogP contribution in [-0.2, 0) is 12.8 Å². The summed E-state index contributed by atoms with van der Waals surface area (Å²) in [4.78, 5) is 0. The number of allylic oxidation sites excluding steroid dienone is 1. The zero-order valence-electron chi connectivity index (χ0n) is 24.6. The highest BCUT2D eigenvalue weighted by atomic mass is 14.4. The van der Waals surface area contributed by atoms with Crippen molar-refractivity contribution in [2.24, 2.45) is 0 Å². The Morgan fingerprint density at radius 1 is 0.488 bits per heavy atom. The molecule has 6 aromatic rings. The molecule has 0 nitrogen and oxygen atoms in total. The van der Waals surface area contributed by atoms with Crippen molar-refractivity contribution >= 4 is 86.4 Å². The molecular formula is C39H24B4. The van der Waals surface area contributed by atoms with Gasteiger partial charge in [-0.25, -0.2) is 0 Å². The van der Waals surface area contributed by atoms with Crippen LogP contribution in [0.2, 0.25) is 0 Å². The Bertz CT molecular complexity index is 2340. The van der Waals surface area contributed by atoms with Gasteiger partial charge in [-0.15, -0.1) is 0 Å². The maximum Gasteiger partial charge on any atom is 0.113 e. The van der Waals surface area contributed by atoms with Gasteiger partial charge in [0, 0.05) is 0 Å². The molecule has 9 rings (SSSR count). The first-order chi connectivity index (χ1) is 20.8. The zero-order valence-corrected chi connectivity index (χ0v) is 24.6. The Morgan fingerprint density at radius 3 is 1.86 bits per heavy atom. The average Bonchev–Trinajstić information content (AvgIpc) is 3.39. The number of fused-ring (bicyclic) bond motifs is 8. The van der Waals surface area contributed by atoms with E-state index in [1.165, 1.54) is 72.0 Å². The molecule has 0 unspecified atom stereocenters. The van der Waals surface area contributed by atoms with Crippen LogP contribution in [0, 0.1) is 20.8 Å². The largest absolute Gasteiger partial charge is 0.113 e. The minimum absolute atomic E-state index is 0.647. The standard InChI is InChI=1S/C39H24B4/c1-17-28-29(18(2)37(41)36(17)40)33-34-30(19(3)38(42)39(43)35(33)34)32(28)25-11-7-10-22-15-27-24(31(22)25)13-12-21-14-23(16-26(21)27)20-8-5-4-6-9-20/h4-14H,15-16H2,1-3H3. The summed E-state index contributed by atoms with van der Waals surface area (Å²) in [5, 5.41) is 4.72. The number of hydrogen-bond donors (Lipinski definition) is 0. The van der Waals surface area contributed by atoms with Gasteiger partial charge in [-0.05, 0) is 122 Å². The summed E-state index contributed by atoms with van der Waals surface area (Å²) in [6.45, 7) is 6.28. The van der Waals surface area contributed by atoms with E-state index in [-0.39, 0.29) is 0 Å². The average molecular weight is 536 g/mol. The molecule has 0 N–H and O–H groups in total. The lowest BCUT2D eigenvalue weighted by molar-refractivity contribution is 1.18. The van der Waals surface area contributed by atoms with E-state index < -0.39 is 0 Å². The van der Waals surface area contributed by atoms with Gasteiger partial charge < -0.3 is 0 Å². The molecule has 3 aliphatic carbocycles. The maximum absolute atomic E-state index is 6.70. The minimum Gasteiger partial charge on any atom is -0.0998 e. The molecule has 8 radical (unpaired) electrons. The third-order valence-corrected chi connectivity index (χ3v) is 10.5. The van der Waals surface area contributed by atoms with Gasteiger partial charge in [0.2, 0.25) is 0 Å². The van der Waals surface area contributed by atoms with E-state index in [2.05, 4.69) is 87.5 Å². The van der Waals surface area contributed by atoms with Crippen LogP contribution < -0.4 is 21.9 Å². The molecule has 0 saturated carbocycles. The lowest BCUT2D eigenvalue weighted by atomic mass is 9.71. The Hall–Kier alpha value is -4.16. The van der Waals surface area contributed by atoms with Gasteiger partial charge in [0.25, 0.3) is 0 Å². The van der Waals surface area contributed by atoms with Gasteiger partial charge in [-0.3, -0.25) is 0 Å². The van der Waals surface area contributed by atoms with E-state index in [0.717, 1.165) is 45.9 Å². The Kier molecular flexibility index (Phi) is 5.00. The third kappa shape index (κ3) is 3.12. The number of hydrogen-bond acceptors (Lipinski definition) is 0. The highest BCUT2D eigenvalue weighted by molar-refractivity contribution is 6.59. The molecule has 0 heterocycles.